The van der Waals surface area contributed by atoms with Crippen molar-refractivity contribution in [3.05, 3.63) is 83.1 Å². The van der Waals surface area contributed by atoms with Gasteiger partial charge in [0.25, 0.3) is 0 Å². The first-order chi connectivity index (χ1) is 28.4. The van der Waals surface area contributed by atoms with E-state index in [-0.39, 0.29) is 5.41 Å². The number of carboxylic acid groups (broad SMARTS) is 1. The fraction of sp³-hybridized carbons (Fsp3) is 0.685. The van der Waals surface area contributed by atoms with Gasteiger partial charge in [0.05, 0.1) is 0 Å². The smallest absolute Gasteiger partial charge is 0.338 e. The predicted molar refractivity (Wildman–Crippen MR) is 255 cm³/mol. The summed E-state index contributed by atoms with van der Waals surface area (Å²) in [5, 5.41) is 8.50. The average molecular weight is 819 g/mol. The zero-order valence-corrected chi connectivity index (χ0v) is 39.4. The van der Waals surface area contributed by atoms with Gasteiger partial charge in [-0.25, -0.2) is 4.79 Å². The van der Waals surface area contributed by atoms with E-state index in [1.54, 1.807) is 0 Å². The summed E-state index contributed by atoms with van der Waals surface area (Å²) in [6, 6.07) is 0. The normalized spacial score (nSPS) is 14.8. The molecule has 0 aromatic carbocycles. The van der Waals surface area contributed by atoms with Gasteiger partial charge in [0.1, 0.15) is 0 Å². The maximum atomic E-state index is 12.1. The first-order valence-electron chi connectivity index (χ1n) is 24.1. The molecule has 0 aliphatic heterocycles. The first-order valence-corrected chi connectivity index (χ1v) is 24.1. The molecule has 5 nitrogen and oxygen atoms in total. The number of allylic oxidation sites excluding steroid dienone is 13. The average Bonchev–Trinajstić information content (AvgIpc) is 3.17. The topological polar surface area (TPSA) is 80.7 Å². The van der Waals surface area contributed by atoms with Crippen LogP contribution in [0.1, 0.15) is 235 Å². The van der Waals surface area contributed by atoms with E-state index in [4.69, 9.17) is 9.84 Å². The van der Waals surface area contributed by atoms with Crippen LogP contribution in [0.2, 0.25) is 0 Å². The van der Waals surface area contributed by atoms with Gasteiger partial charge in [0.15, 0.2) is 0 Å². The maximum Gasteiger partial charge on any atom is 0.338 e. The number of unbranched alkanes of at least 4 members (excludes halogenated alkanes) is 20. The second-order valence-corrected chi connectivity index (χ2v) is 17.6. The van der Waals surface area contributed by atoms with E-state index in [0.29, 0.717) is 12.8 Å². The molecule has 5 heteroatoms. The molecule has 1 rings (SSSR count). The van der Waals surface area contributed by atoms with Gasteiger partial charge in [-0.15, -0.1) is 0 Å². The summed E-state index contributed by atoms with van der Waals surface area (Å²) in [7, 11) is 0. The van der Waals surface area contributed by atoms with E-state index in [1.807, 2.05) is 25.2 Å². The second-order valence-electron chi connectivity index (χ2n) is 17.6. The number of carbonyl (C=O) groups is 3. The standard InChI is InChI=1S/C36H58O3.C18H32O2/c1-7-8-9-10-11-12-13-14-15-16-17-18-19-25-34(37)39-35(38)29-31(3)23-20-22-30(2)26-27-33-32(4)24-21-28-36(33,5)6;1-2-3-4-5-6-7-8-9-10-11-12-13-14-15-16-17-18(19)20/h20,22-23,26-27,29H,7-19,21,24-25,28H2,1-6H3;6-7,9-10H,2-5,8,11-17H2,1H3,(H,19,20)/b23-20+,27-26+,30-22+,31-29+;7-6-,10-9-. The molecule has 336 valence electrons. The predicted octanol–water partition coefficient (Wildman–Crippen LogP) is 17.0. The van der Waals surface area contributed by atoms with Crippen LogP contribution in [0.25, 0.3) is 0 Å². The third-order valence-corrected chi connectivity index (χ3v) is 11.2. The fourth-order valence-electron chi connectivity index (χ4n) is 7.43. The highest BCUT2D eigenvalue weighted by molar-refractivity contribution is 5.92. The Kier molecular flexibility index (Phi) is 36.8. The highest BCUT2D eigenvalue weighted by Crippen LogP contribution is 2.40. The van der Waals surface area contributed by atoms with Gasteiger partial charge in [-0.05, 0) is 102 Å². The van der Waals surface area contributed by atoms with Crippen molar-refractivity contribution < 1.29 is 24.2 Å². The molecule has 0 aromatic heterocycles. The van der Waals surface area contributed by atoms with Crippen molar-refractivity contribution in [3.63, 3.8) is 0 Å². The number of carboxylic acids is 1. The molecule has 0 bridgehead atoms. The Morgan fingerprint density at radius 2 is 1.14 bits per heavy atom. The quantitative estimate of drug-likeness (QED) is 0.0178. The summed E-state index contributed by atoms with van der Waals surface area (Å²) in [5.74, 6) is -1.68. The lowest BCUT2D eigenvalue weighted by Gasteiger charge is -2.32. The van der Waals surface area contributed by atoms with Crippen LogP contribution in [-0.4, -0.2) is 23.0 Å². The van der Waals surface area contributed by atoms with Crippen molar-refractivity contribution in [3.8, 4) is 0 Å². The number of carbonyl (C=O) groups excluding carboxylic acids is 2. The van der Waals surface area contributed by atoms with Gasteiger partial charge in [-0.2, -0.15) is 0 Å². The zero-order chi connectivity index (χ0) is 43.8. The van der Waals surface area contributed by atoms with E-state index in [1.165, 1.54) is 146 Å². The lowest BCUT2D eigenvalue weighted by molar-refractivity contribution is -0.156. The summed E-state index contributed by atoms with van der Waals surface area (Å²) >= 11 is 0. The minimum atomic E-state index is -0.671. The molecule has 0 unspecified atom stereocenters. The van der Waals surface area contributed by atoms with Crippen molar-refractivity contribution in [2.24, 2.45) is 5.41 Å². The summed E-state index contributed by atoms with van der Waals surface area (Å²) in [6.45, 7) is 15.3. The lowest BCUT2D eigenvalue weighted by Crippen LogP contribution is -2.19. The van der Waals surface area contributed by atoms with E-state index >= 15 is 0 Å². The maximum absolute atomic E-state index is 12.1. The van der Waals surface area contributed by atoms with Crippen LogP contribution in [0, 0.1) is 5.41 Å². The third kappa shape index (κ3) is 36.4. The van der Waals surface area contributed by atoms with Crippen LogP contribution in [0.5, 0.6) is 0 Å². The molecule has 0 spiro atoms. The summed E-state index contributed by atoms with van der Waals surface area (Å²) in [4.78, 5) is 34.4. The molecule has 1 N–H and O–H groups in total. The molecule has 0 amide bonds. The fourth-order valence-corrected chi connectivity index (χ4v) is 7.43. The lowest BCUT2D eigenvalue weighted by atomic mass is 9.72. The molecule has 59 heavy (non-hydrogen) atoms. The molecular formula is C54H90O5. The largest absolute Gasteiger partial charge is 0.481 e. The van der Waals surface area contributed by atoms with Gasteiger partial charge < -0.3 is 9.84 Å². The number of rotatable bonds is 33. The van der Waals surface area contributed by atoms with Gasteiger partial charge in [-0.1, -0.05) is 203 Å². The minimum absolute atomic E-state index is 0.235. The van der Waals surface area contributed by atoms with Crippen LogP contribution >= 0.6 is 0 Å². The molecule has 0 atom stereocenters. The number of hydrogen-bond donors (Lipinski definition) is 1. The molecule has 0 aromatic rings. The van der Waals surface area contributed by atoms with Crippen LogP contribution in [-0.2, 0) is 19.1 Å². The molecule has 0 saturated carbocycles. The van der Waals surface area contributed by atoms with E-state index in [2.05, 4.69) is 78.0 Å². The van der Waals surface area contributed by atoms with E-state index in [0.717, 1.165) is 56.1 Å². The van der Waals surface area contributed by atoms with Gasteiger partial charge in [0.2, 0.25) is 0 Å². The van der Waals surface area contributed by atoms with Crippen molar-refractivity contribution >= 4 is 17.9 Å². The number of aliphatic carboxylic acids is 1. The number of esters is 2. The SMILES string of the molecule is CCCCC/C=C\C/C=C\CCCCCCCC(=O)O.CCCCCCCCCCCCCCCC(=O)OC(=O)/C=C(C)/C=C/C=C(C)/C=C/C1=C(C)CCCC1(C)C. The Labute approximate surface area is 364 Å². The van der Waals surface area contributed by atoms with Crippen molar-refractivity contribution in [2.75, 3.05) is 0 Å². The molecule has 0 heterocycles. The molecule has 1 aliphatic rings. The van der Waals surface area contributed by atoms with E-state index in [9.17, 15) is 14.4 Å². The Morgan fingerprint density at radius 1 is 0.644 bits per heavy atom. The summed E-state index contributed by atoms with van der Waals surface area (Å²) < 4.78 is 4.97. The Hall–Kier alpha value is -3.21. The Bertz CT molecular complexity index is 1320. The Balaban J connectivity index is 0.00000141. The second kappa shape index (κ2) is 39.0. The summed E-state index contributed by atoms with van der Waals surface area (Å²) in [6.07, 6.45) is 54.3. The molecular weight excluding hydrogens is 729 g/mol. The molecule has 1 aliphatic carbocycles. The molecule has 0 fully saturated rings. The highest BCUT2D eigenvalue weighted by Gasteiger charge is 2.26. The van der Waals surface area contributed by atoms with Crippen molar-refractivity contribution in [2.45, 2.75) is 235 Å². The van der Waals surface area contributed by atoms with Crippen molar-refractivity contribution in [1.82, 2.24) is 0 Å². The van der Waals surface area contributed by atoms with E-state index < -0.39 is 17.9 Å². The van der Waals surface area contributed by atoms with Gasteiger partial charge in [0, 0.05) is 18.9 Å². The Morgan fingerprint density at radius 3 is 1.68 bits per heavy atom. The monoisotopic (exact) mass is 819 g/mol. The van der Waals surface area contributed by atoms with Crippen molar-refractivity contribution in [1.29, 1.82) is 0 Å². The molecule has 0 saturated heterocycles. The molecule has 0 radical (unpaired) electrons. The van der Waals surface area contributed by atoms with Crippen LogP contribution in [0.15, 0.2) is 83.1 Å². The first kappa shape index (κ1) is 55.8. The number of ether oxygens (including phenoxy) is 1. The zero-order valence-electron chi connectivity index (χ0n) is 39.4. The number of hydrogen-bond acceptors (Lipinski definition) is 4. The van der Waals surface area contributed by atoms with Crippen LogP contribution < -0.4 is 0 Å². The van der Waals surface area contributed by atoms with Crippen LogP contribution in [0.4, 0.5) is 0 Å². The van der Waals surface area contributed by atoms with Gasteiger partial charge >= 0.3 is 17.9 Å². The third-order valence-electron chi connectivity index (χ3n) is 11.2. The van der Waals surface area contributed by atoms with Crippen LogP contribution in [0.3, 0.4) is 0 Å². The highest BCUT2D eigenvalue weighted by atomic mass is 16.6. The minimum Gasteiger partial charge on any atom is -0.481 e. The van der Waals surface area contributed by atoms with Gasteiger partial charge in [-0.3, -0.25) is 9.59 Å². The summed E-state index contributed by atoms with van der Waals surface area (Å²) in [5.41, 5.74) is 5.09.